The maximum absolute atomic E-state index is 12.7. The molecular formula is C21H31N5O3. The Kier molecular flexibility index (Phi) is 6.74. The number of urea groups is 1. The quantitative estimate of drug-likeness (QED) is 0.581. The first-order valence-corrected chi connectivity index (χ1v) is 10.5. The van der Waals surface area contributed by atoms with Crippen molar-refractivity contribution < 1.29 is 14.4 Å². The summed E-state index contributed by atoms with van der Waals surface area (Å²) in [5, 5.41) is 6.77. The molecule has 1 saturated carbocycles. The van der Waals surface area contributed by atoms with Crippen LogP contribution in [0.5, 0.6) is 0 Å². The highest BCUT2D eigenvalue weighted by Gasteiger charge is 2.52. The number of amides is 4. The molecule has 158 valence electrons. The van der Waals surface area contributed by atoms with Crippen LogP contribution >= 0.6 is 0 Å². The smallest absolute Gasteiger partial charge is 0.344 e. The number of carbonyl (C=O) groups excluding carboxylic acids is 3. The fourth-order valence-electron chi connectivity index (χ4n) is 4.07. The van der Waals surface area contributed by atoms with Crippen LogP contribution in [0.25, 0.3) is 0 Å². The molecule has 2 aliphatic rings. The second-order valence-corrected chi connectivity index (χ2v) is 7.72. The number of imide groups is 1. The summed E-state index contributed by atoms with van der Waals surface area (Å²) in [4.78, 5) is 39.7. The van der Waals surface area contributed by atoms with Crippen molar-refractivity contribution >= 4 is 23.5 Å². The average Bonchev–Trinajstić information content (AvgIpc) is 2.95. The second kappa shape index (κ2) is 9.26. The molecule has 0 radical (unpaired) electrons. The summed E-state index contributed by atoms with van der Waals surface area (Å²) in [5.41, 5.74) is 3.59. The van der Waals surface area contributed by atoms with Crippen LogP contribution in [0.1, 0.15) is 51.5 Å². The summed E-state index contributed by atoms with van der Waals surface area (Å²) in [6.45, 7) is 6.87. The van der Waals surface area contributed by atoms with Gasteiger partial charge in [0.05, 0.1) is 6.54 Å². The number of rotatable bonds is 8. The number of nitrogens with one attached hydrogen (secondary N) is 3. The van der Waals surface area contributed by atoms with E-state index in [0.29, 0.717) is 12.8 Å². The van der Waals surface area contributed by atoms with Crippen molar-refractivity contribution in [1.82, 2.24) is 20.7 Å². The molecular weight excluding hydrogens is 370 g/mol. The topological polar surface area (TPSA) is 93.8 Å². The van der Waals surface area contributed by atoms with Crippen LogP contribution in [0.15, 0.2) is 24.3 Å². The molecule has 1 saturated heterocycles. The van der Waals surface area contributed by atoms with Gasteiger partial charge in [0.15, 0.2) is 0 Å². The van der Waals surface area contributed by atoms with Gasteiger partial charge in [-0.3, -0.25) is 19.9 Å². The van der Waals surface area contributed by atoms with Crippen molar-refractivity contribution in [2.75, 3.05) is 25.0 Å². The summed E-state index contributed by atoms with van der Waals surface area (Å²) < 4.78 is 0. The number of hydrogen-bond acceptors (Lipinski definition) is 5. The Morgan fingerprint density at radius 2 is 1.83 bits per heavy atom. The Morgan fingerprint density at radius 1 is 1.14 bits per heavy atom. The van der Waals surface area contributed by atoms with Crippen LogP contribution in [-0.4, -0.2) is 52.9 Å². The van der Waals surface area contributed by atoms with E-state index in [1.165, 1.54) is 0 Å². The van der Waals surface area contributed by atoms with Gasteiger partial charge in [-0.05, 0) is 37.6 Å². The summed E-state index contributed by atoms with van der Waals surface area (Å²) >= 11 is 0. The molecule has 8 nitrogen and oxygen atoms in total. The van der Waals surface area contributed by atoms with Gasteiger partial charge in [-0.15, -0.1) is 0 Å². The lowest BCUT2D eigenvalue weighted by Gasteiger charge is -2.30. The third kappa shape index (κ3) is 4.70. The largest absolute Gasteiger partial charge is 0.376 e. The Bertz CT molecular complexity index is 756. The SMILES string of the molecule is CCN(CC)Cc1ccccc1NCC(=O)NN1C(=O)NC2(CCCCC2)C1=O. The molecule has 8 heteroatoms. The molecule has 1 aliphatic heterocycles. The van der Waals surface area contributed by atoms with Gasteiger partial charge < -0.3 is 10.6 Å². The van der Waals surface area contributed by atoms with Crippen molar-refractivity contribution in [1.29, 1.82) is 0 Å². The van der Waals surface area contributed by atoms with E-state index in [2.05, 4.69) is 34.8 Å². The van der Waals surface area contributed by atoms with Crippen LogP contribution < -0.4 is 16.1 Å². The minimum atomic E-state index is -0.841. The molecule has 0 unspecified atom stereocenters. The van der Waals surface area contributed by atoms with E-state index in [0.717, 1.165) is 55.2 Å². The molecule has 3 N–H and O–H groups in total. The number of para-hydroxylation sites is 1. The number of carbonyl (C=O) groups is 3. The lowest BCUT2D eigenvalue weighted by molar-refractivity contribution is -0.139. The van der Waals surface area contributed by atoms with Crippen LogP contribution in [-0.2, 0) is 16.1 Å². The molecule has 4 amide bonds. The highest BCUT2D eigenvalue weighted by atomic mass is 16.2. The van der Waals surface area contributed by atoms with Gasteiger partial charge in [-0.25, -0.2) is 4.79 Å². The molecule has 1 heterocycles. The predicted octanol–water partition coefficient (Wildman–Crippen LogP) is 2.23. The van der Waals surface area contributed by atoms with E-state index in [1.54, 1.807) is 0 Å². The van der Waals surface area contributed by atoms with Gasteiger partial charge in [0.1, 0.15) is 5.54 Å². The van der Waals surface area contributed by atoms with E-state index in [-0.39, 0.29) is 12.5 Å². The third-order valence-electron chi connectivity index (χ3n) is 5.85. The molecule has 0 aromatic heterocycles. The molecule has 1 spiro atoms. The predicted molar refractivity (Wildman–Crippen MR) is 111 cm³/mol. The van der Waals surface area contributed by atoms with Gasteiger partial charge in [-0.1, -0.05) is 51.3 Å². The fourth-order valence-corrected chi connectivity index (χ4v) is 4.07. The van der Waals surface area contributed by atoms with Crippen molar-refractivity contribution in [3.63, 3.8) is 0 Å². The Labute approximate surface area is 172 Å². The highest BCUT2D eigenvalue weighted by molar-refractivity contribution is 6.08. The zero-order valence-corrected chi connectivity index (χ0v) is 17.3. The summed E-state index contributed by atoms with van der Waals surface area (Å²) in [6.07, 6.45) is 4.12. The minimum Gasteiger partial charge on any atom is -0.376 e. The molecule has 0 bridgehead atoms. The first-order chi connectivity index (χ1) is 14.0. The Balaban J connectivity index is 1.58. The number of hydrogen-bond donors (Lipinski definition) is 3. The maximum Gasteiger partial charge on any atom is 0.344 e. The standard InChI is InChI=1S/C21H31N5O3/c1-3-25(4-2)15-16-10-6-7-11-17(16)22-14-18(27)24-26-19(28)21(23-20(26)29)12-8-5-9-13-21/h6-7,10-11,22H,3-5,8-9,12-15H2,1-2H3,(H,23,29)(H,24,27). The molecule has 3 rings (SSSR count). The molecule has 2 fully saturated rings. The van der Waals surface area contributed by atoms with Crippen LogP contribution in [0.3, 0.4) is 0 Å². The molecule has 1 aromatic carbocycles. The van der Waals surface area contributed by atoms with Crippen LogP contribution in [0, 0.1) is 0 Å². The van der Waals surface area contributed by atoms with Gasteiger partial charge in [0.25, 0.3) is 11.8 Å². The monoisotopic (exact) mass is 401 g/mol. The fraction of sp³-hybridized carbons (Fsp3) is 0.571. The van der Waals surface area contributed by atoms with Crippen LogP contribution in [0.2, 0.25) is 0 Å². The molecule has 0 atom stereocenters. The molecule has 29 heavy (non-hydrogen) atoms. The van der Waals surface area contributed by atoms with Gasteiger partial charge >= 0.3 is 6.03 Å². The van der Waals surface area contributed by atoms with Crippen molar-refractivity contribution in [2.45, 2.75) is 58.0 Å². The number of hydrazine groups is 1. The zero-order valence-electron chi connectivity index (χ0n) is 17.3. The number of benzene rings is 1. The number of anilines is 1. The van der Waals surface area contributed by atoms with E-state index in [4.69, 9.17) is 0 Å². The Morgan fingerprint density at radius 3 is 2.52 bits per heavy atom. The lowest BCUT2D eigenvalue weighted by Crippen LogP contribution is -2.51. The van der Waals surface area contributed by atoms with Crippen molar-refractivity contribution in [3.8, 4) is 0 Å². The zero-order chi connectivity index (χ0) is 20.9. The number of nitrogens with zero attached hydrogens (tertiary/aromatic N) is 2. The third-order valence-corrected chi connectivity index (χ3v) is 5.85. The Hall–Kier alpha value is -2.61. The summed E-state index contributed by atoms with van der Waals surface area (Å²) in [5.74, 6) is -0.781. The molecule has 1 aliphatic carbocycles. The lowest BCUT2D eigenvalue weighted by atomic mass is 9.82. The highest BCUT2D eigenvalue weighted by Crippen LogP contribution is 2.32. The van der Waals surface area contributed by atoms with Crippen molar-refractivity contribution in [3.05, 3.63) is 29.8 Å². The van der Waals surface area contributed by atoms with Gasteiger partial charge in [0, 0.05) is 12.2 Å². The van der Waals surface area contributed by atoms with Gasteiger partial charge in [0.2, 0.25) is 0 Å². The van der Waals surface area contributed by atoms with E-state index in [1.807, 2.05) is 24.3 Å². The minimum absolute atomic E-state index is 0.0284. The average molecular weight is 402 g/mol. The molecule has 1 aromatic rings. The summed E-state index contributed by atoms with van der Waals surface area (Å²) in [7, 11) is 0. The van der Waals surface area contributed by atoms with Crippen molar-refractivity contribution in [2.24, 2.45) is 0 Å². The van der Waals surface area contributed by atoms with E-state index < -0.39 is 17.5 Å². The van der Waals surface area contributed by atoms with E-state index >= 15 is 0 Å². The summed E-state index contributed by atoms with van der Waals surface area (Å²) in [6, 6.07) is 7.30. The second-order valence-electron chi connectivity index (χ2n) is 7.72. The van der Waals surface area contributed by atoms with E-state index in [9.17, 15) is 14.4 Å². The first kappa shape index (κ1) is 21.1. The van der Waals surface area contributed by atoms with Gasteiger partial charge in [-0.2, -0.15) is 5.01 Å². The van der Waals surface area contributed by atoms with Crippen LogP contribution in [0.4, 0.5) is 10.5 Å². The normalized spacial score (nSPS) is 18.2. The first-order valence-electron chi connectivity index (χ1n) is 10.5. The maximum atomic E-state index is 12.7.